The number of halogens is 2. The highest BCUT2D eigenvalue weighted by molar-refractivity contribution is 6.30. The summed E-state index contributed by atoms with van der Waals surface area (Å²) in [5.74, 6) is 0.208. The van der Waals surface area contributed by atoms with Crippen molar-refractivity contribution in [2.75, 3.05) is 18.1 Å². The molecule has 1 N–H and O–H groups in total. The van der Waals surface area contributed by atoms with Crippen LogP contribution in [0.15, 0.2) is 48.8 Å². The lowest BCUT2D eigenvalue weighted by molar-refractivity contribution is 0.301. The van der Waals surface area contributed by atoms with Gasteiger partial charge < -0.3 is 10.0 Å². The molecule has 0 aliphatic carbocycles. The average Bonchev–Trinajstić information content (AvgIpc) is 2.56. The van der Waals surface area contributed by atoms with Crippen LogP contribution in [0.5, 0.6) is 0 Å². The van der Waals surface area contributed by atoms with E-state index in [1.165, 1.54) is 12.4 Å². The molecule has 0 aliphatic rings. The minimum atomic E-state index is -0.387. The summed E-state index contributed by atoms with van der Waals surface area (Å²) in [4.78, 5) is 10.2. The number of hydrogen-bond acceptors (Lipinski definition) is 4. The summed E-state index contributed by atoms with van der Waals surface area (Å²) in [6.45, 7) is 0.875. The predicted octanol–water partition coefficient (Wildman–Crippen LogP) is 3.42. The number of aromatic nitrogens is 2. The molecule has 0 saturated heterocycles. The van der Waals surface area contributed by atoms with Gasteiger partial charge in [0.2, 0.25) is 0 Å². The topological polar surface area (TPSA) is 49.2 Å². The Kier molecular flexibility index (Phi) is 4.69. The third-order valence-corrected chi connectivity index (χ3v) is 3.80. The van der Waals surface area contributed by atoms with E-state index in [2.05, 4.69) is 9.97 Å². The van der Waals surface area contributed by atoms with Crippen molar-refractivity contribution in [1.82, 2.24) is 9.97 Å². The van der Waals surface area contributed by atoms with E-state index in [0.717, 1.165) is 5.56 Å². The first-order valence-corrected chi connectivity index (χ1v) is 7.56. The fourth-order valence-corrected chi connectivity index (χ4v) is 2.61. The van der Waals surface area contributed by atoms with Gasteiger partial charge in [0.25, 0.3) is 0 Å². The standard InChI is InChI=1S/C17H15ClFN3O/c18-13-6-4-12(5-7-13)10-22(8-9-23)17-14-2-1-3-15(19)16(14)20-11-21-17/h1-7,11,23H,8-10H2. The molecule has 0 unspecified atom stereocenters. The molecule has 0 saturated carbocycles. The van der Waals surface area contributed by atoms with Gasteiger partial charge in [-0.1, -0.05) is 29.8 Å². The van der Waals surface area contributed by atoms with Gasteiger partial charge in [-0.25, -0.2) is 14.4 Å². The first-order chi connectivity index (χ1) is 11.2. The van der Waals surface area contributed by atoms with E-state index in [0.29, 0.717) is 29.3 Å². The third kappa shape index (κ3) is 3.41. The van der Waals surface area contributed by atoms with E-state index in [1.54, 1.807) is 12.1 Å². The maximum atomic E-state index is 13.9. The van der Waals surface area contributed by atoms with Crippen molar-refractivity contribution in [2.24, 2.45) is 0 Å². The summed E-state index contributed by atoms with van der Waals surface area (Å²) in [6, 6.07) is 12.2. The summed E-state index contributed by atoms with van der Waals surface area (Å²) >= 11 is 5.91. The van der Waals surface area contributed by atoms with Crippen molar-refractivity contribution in [3.05, 3.63) is 65.2 Å². The molecule has 0 radical (unpaired) electrons. The Labute approximate surface area is 138 Å². The lowest BCUT2D eigenvalue weighted by Gasteiger charge is -2.24. The first-order valence-electron chi connectivity index (χ1n) is 7.18. The van der Waals surface area contributed by atoms with Gasteiger partial charge >= 0.3 is 0 Å². The quantitative estimate of drug-likeness (QED) is 0.778. The Bertz CT molecular complexity index is 811. The highest BCUT2D eigenvalue weighted by atomic mass is 35.5. The summed E-state index contributed by atoms with van der Waals surface area (Å²) in [6.07, 6.45) is 1.34. The van der Waals surface area contributed by atoms with Crippen LogP contribution >= 0.6 is 11.6 Å². The lowest BCUT2D eigenvalue weighted by atomic mass is 10.2. The number of para-hydroxylation sites is 1. The maximum absolute atomic E-state index is 13.9. The predicted molar refractivity (Wildman–Crippen MR) is 89.1 cm³/mol. The molecule has 0 spiro atoms. The summed E-state index contributed by atoms with van der Waals surface area (Å²) in [5, 5.41) is 10.7. The van der Waals surface area contributed by atoms with Crippen LogP contribution in [0.4, 0.5) is 10.2 Å². The van der Waals surface area contributed by atoms with Gasteiger partial charge in [-0.05, 0) is 29.8 Å². The van der Waals surface area contributed by atoms with Crippen LogP contribution in [0.25, 0.3) is 10.9 Å². The molecule has 0 aliphatic heterocycles. The summed E-state index contributed by atoms with van der Waals surface area (Å²) < 4.78 is 13.9. The van der Waals surface area contributed by atoms with E-state index in [1.807, 2.05) is 29.2 Å². The zero-order valence-corrected chi connectivity index (χ0v) is 13.0. The average molecular weight is 332 g/mol. The van der Waals surface area contributed by atoms with Crippen LogP contribution in [0.3, 0.4) is 0 Å². The van der Waals surface area contributed by atoms with Gasteiger partial charge in [0.1, 0.15) is 23.5 Å². The second-order valence-corrected chi connectivity index (χ2v) is 5.54. The second-order valence-electron chi connectivity index (χ2n) is 5.10. The van der Waals surface area contributed by atoms with Crippen LogP contribution in [-0.2, 0) is 6.54 Å². The third-order valence-electron chi connectivity index (χ3n) is 3.55. The molecule has 1 heterocycles. The van der Waals surface area contributed by atoms with Crippen LogP contribution in [0.2, 0.25) is 5.02 Å². The van der Waals surface area contributed by atoms with E-state index in [-0.39, 0.29) is 17.9 Å². The minimum absolute atomic E-state index is 0.0333. The largest absolute Gasteiger partial charge is 0.395 e. The Hall–Kier alpha value is -2.24. The lowest BCUT2D eigenvalue weighted by Crippen LogP contribution is -2.27. The highest BCUT2D eigenvalue weighted by Crippen LogP contribution is 2.25. The van der Waals surface area contributed by atoms with Gasteiger partial charge in [0.05, 0.1) is 6.61 Å². The fraction of sp³-hybridized carbons (Fsp3) is 0.176. The number of anilines is 1. The molecule has 3 rings (SSSR count). The van der Waals surface area contributed by atoms with Gasteiger partial charge in [-0.15, -0.1) is 0 Å². The van der Waals surface area contributed by atoms with Gasteiger partial charge in [0, 0.05) is 23.5 Å². The van der Waals surface area contributed by atoms with E-state index in [9.17, 15) is 9.50 Å². The van der Waals surface area contributed by atoms with Crippen LogP contribution in [-0.4, -0.2) is 28.2 Å². The zero-order valence-electron chi connectivity index (χ0n) is 12.3. The number of aliphatic hydroxyl groups excluding tert-OH is 1. The van der Waals surface area contributed by atoms with Crippen LogP contribution in [0.1, 0.15) is 5.56 Å². The van der Waals surface area contributed by atoms with Gasteiger partial charge in [-0.3, -0.25) is 0 Å². The number of aliphatic hydroxyl groups is 1. The van der Waals surface area contributed by atoms with E-state index < -0.39 is 0 Å². The molecular weight excluding hydrogens is 317 g/mol. The highest BCUT2D eigenvalue weighted by Gasteiger charge is 2.14. The van der Waals surface area contributed by atoms with Crippen molar-refractivity contribution in [3.63, 3.8) is 0 Å². The van der Waals surface area contributed by atoms with Crippen molar-refractivity contribution < 1.29 is 9.50 Å². The summed E-state index contributed by atoms with van der Waals surface area (Å²) in [7, 11) is 0. The van der Waals surface area contributed by atoms with Crippen molar-refractivity contribution in [1.29, 1.82) is 0 Å². The van der Waals surface area contributed by atoms with Crippen LogP contribution in [0, 0.1) is 5.82 Å². The monoisotopic (exact) mass is 331 g/mol. The van der Waals surface area contributed by atoms with Crippen molar-refractivity contribution in [2.45, 2.75) is 6.54 Å². The molecule has 6 heteroatoms. The number of hydrogen-bond donors (Lipinski definition) is 1. The number of fused-ring (bicyclic) bond motifs is 1. The molecule has 118 valence electrons. The van der Waals surface area contributed by atoms with Crippen molar-refractivity contribution >= 4 is 28.3 Å². The first kappa shape index (κ1) is 15.6. The number of benzene rings is 2. The Balaban J connectivity index is 2.01. The summed E-state index contributed by atoms with van der Waals surface area (Å²) in [5.41, 5.74) is 1.29. The van der Waals surface area contributed by atoms with Gasteiger partial charge in [-0.2, -0.15) is 0 Å². The Morgan fingerprint density at radius 3 is 2.61 bits per heavy atom. The Morgan fingerprint density at radius 1 is 1.09 bits per heavy atom. The van der Waals surface area contributed by atoms with E-state index in [4.69, 9.17) is 11.6 Å². The number of rotatable bonds is 5. The maximum Gasteiger partial charge on any atom is 0.149 e. The molecular formula is C17H15ClFN3O. The normalized spacial score (nSPS) is 10.9. The molecule has 1 aromatic heterocycles. The van der Waals surface area contributed by atoms with Crippen molar-refractivity contribution in [3.8, 4) is 0 Å². The number of nitrogens with zero attached hydrogens (tertiary/aromatic N) is 3. The molecule has 0 fully saturated rings. The fourth-order valence-electron chi connectivity index (χ4n) is 2.48. The molecule has 2 aromatic carbocycles. The molecule has 23 heavy (non-hydrogen) atoms. The van der Waals surface area contributed by atoms with Crippen LogP contribution < -0.4 is 4.90 Å². The SMILES string of the molecule is OCCN(Cc1ccc(Cl)cc1)c1ncnc2c(F)cccc12. The molecule has 0 amide bonds. The second kappa shape index (κ2) is 6.89. The molecule has 3 aromatic rings. The zero-order chi connectivity index (χ0) is 16.2. The molecule has 0 atom stereocenters. The van der Waals surface area contributed by atoms with E-state index >= 15 is 0 Å². The minimum Gasteiger partial charge on any atom is -0.395 e. The van der Waals surface area contributed by atoms with Gasteiger partial charge in [0.15, 0.2) is 0 Å². The smallest absolute Gasteiger partial charge is 0.149 e. The molecule has 0 bridgehead atoms. The molecule has 4 nitrogen and oxygen atoms in total. The Morgan fingerprint density at radius 2 is 1.87 bits per heavy atom.